The summed E-state index contributed by atoms with van der Waals surface area (Å²) in [5.74, 6) is -0.632. The van der Waals surface area contributed by atoms with E-state index in [1.165, 1.54) is 42.0 Å². The minimum atomic E-state index is -1.12. The number of rotatable bonds is 7. The average Bonchev–Trinajstić information content (AvgIpc) is 3.48. The van der Waals surface area contributed by atoms with E-state index >= 15 is 0 Å². The number of para-hydroxylation sites is 2. The summed E-state index contributed by atoms with van der Waals surface area (Å²) in [4.78, 5) is 79.1. The van der Waals surface area contributed by atoms with Gasteiger partial charge >= 0.3 is 0 Å². The van der Waals surface area contributed by atoms with Gasteiger partial charge in [0.05, 0.1) is 37.9 Å². The number of methoxy groups -OCH3 is 1. The third-order valence-electron chi connectivity index (χ3n) is 13.6. The van der Waals surface area contributed by atoms with Crippen LogP contribution in [0.4, 0.5) is 0 Å². The van der Waals surface area contributed by atoms with Crippen LogP contribution < -0.4 is 41.4 Å². The molecule has 0 fully saturated rings. The molecule has 80 heavy (non-hydrogen) atoms. The number of carbonyl (C=O) groups is 6. The Labute approximate surface area is 475 Å². The molecule has 18 heteroatoms. The van der Waals surface area contributed by atoms with E-state index in [4.69, 9.17) is 14.2 Å². The number of likely N-dealkylation sites (N-methyl/N-ethyl adjacent to an activating group) is 2. The first kappa shape index (κ1) is 67.2. The van der Waals surface area contributed by atoms with Gasteiger partial charge in [-0.05, 0) is 63.1 Å². The molecule has 0 spiro atoms. The molecule has 0 saturated heterocycles. The van der Waals surface area contributed by atoms with Crippen molar-refractivity contribution in [3.05, 3.63) is 138 Å². The lowest BCUT2D eigenvalue weighted by molar-refractivity contribution is -0.145. The van der Waals surface area contributed by atoms with Crippen LogP contribution in [0.3, 0.4) is 0 Å². The number of aryl methyl sites for hydroxylation is 3. The molecule has 0 bridgehead atoms. The second kappa shape index (κ2) is 37.7. The Morgan fingerprint density at radius 2 is 1.10 bits per heavy atom. The lowest BCUT2D eigenvalue weighted by atomic mass is 9.96. The van der Waals surface area contributed by atoms with Gasteiger partial charge in [0.25, 0.3) is 0 Å². The lowest BCUT2D eigenvalue weighted by Crippen LogP contribution is -2.59. The predicted octanol–water partition coefficient (Wildman–Crippen LogP) is 5.25. The number of nitrogens with zero attached hydrogens (tertiary/aromatic N) is 2. The second-order valence-corrected chi connectivity index (χ2v) is 19.9. The Morgan fingerprint density at radius 3 is 1.62 bits per heavy atom. The summed E-state index contributed by atoms with van der Waals surface area (Å²) >= 11 is 0. The first-order chi connectivity index (χ1) is 38.4. The molecule has 7 atom stereocenters. The van der Waals surface area contributed by atoms with E-state index < -0.39 is 42.1 Å². The van der Waals surface area contributed by atoms with Gasteiger partial charge in [-0.15, -0.1) is 0 Å². The van der Waals surface area contributed by atoms with Crippen molar-refractivity contribution < 1.29 is 48.1 Å². The second-order valence-electron chi connectivity index (χ2n) is 19.9. The van der Waals surface area contributed by atoms with Crippen LogP contribution >= 0.6 is 0 Å². The van der Waals surface area contributed by atoms with Crippen molar-refractivity contribution >= 4 is 41.5 Å². The number of fused-ring (bicyclic) bond motifs is 2. The first-order valence-electron chi connectivity index (χ1n) is 27.8. The third kappa shape index (κ3) is 24.1. The van der Waals surface area contributed by atoms with Crippen molar-refractivity contribution in [3.63, 3.8) is 0 Å². The number of hydrogen-bond acceptors (Lipinski definition) is 12. The van der Waals surface area contributed by atoms with Crippen molar-refractivity contribution in [1.82, 2.24) is 41.7 Å². The Bertz CT molecular complexity index is 2460. The van der Waals surface area contributed by atoms with Crippen molar-refractivity contribution in [3.8, 4) is 11.5 Å². The van der Waals surface area contributed by atoms with Crippen LogP contribution in [0.2, 0.25) is 0 Å². The zero-order valence-corrected chi connectivity index (χ0v) is 48.8. The molecule has 0 saturated carbocycles. The van der Waals surface area contributed by atoms with Gasteiger partial charge in [-0.1, -0.05) is 161 Å². The Morgan fingerprint density at radius 1 is 0.613 bits per heavy atom. The molecule has 0 radical (unpaired) electrons. The number of ether oxygens (including phenoxy) is 3. The summed E-state index contributed by atoms with van der Waals surface area (Å²) in [6.45, 7) is 15.6. The number of aliphatic hydroxyl groups is 1. The number of aliphatic hydroxyl groups excluding tert-OH is 1. The van der Waals surface area contributed by atoms with Crippen molar-refractivity contribution in [2.24, 2.45) is 11.8 Å². The molecule has 0 aliphatic carbocycles. The van der Waals surface area contributed by atoms with Crippen LogP contribution in [-0.4, -0.2) is 161 Å². The molecule has 438 valence electrons. The highest BCUT2D eigenvalue weighted by atomic mass is 16.5. The predicted molar refractivity (Wildman–Crippen MR) is 315 cm³/mol. The number of carbonyl (C=O) groups excluding carboxylic acids is 6. The summed E-state index contributed by atoms with van der Waals surface area (Å²) < 4.78 is 17.1. The maximum atomic E-state index is 13.3. The highest BCUT2D eigenvalue weighted by Gasteiger charge is 2.36. The average molecular weight is 1110 g/mol. The van der Waals surface area contributed by atoms with Crippen LogP contribution in [0.25, 0.3) is 6.08 Å². The zero-order valence-electron chi connectivity index (χ0n) is 48.8. The molecule has 0 aromatic heterocycles. The summed E-state index contributed by atoms with van der Waals surface area (Å²) in [6, 6.07) is 32.9. The van der Waals surface area contributed by atoms with Gasteiger partial charge < -0.3 is 61.0 Å². The molecule has 2 aliphatic heterocycles. The molecule has 7 N–H and O–H groups in total. The van der Waals surface area contributed by atoms with Gasteiger partial charge in [-0.2, -0.15) is 0 Å². The summed E-state index contributed by atoms with van der Waals surface area (Å²) in [5.41, 5.74) is 4.58. The Kier molecular flexibility index (Phi) is 31.6. The molecule has 7 unspecified atom stereocenters. The first-order valence-corrected chi connectivity index (χ1v) is 27.8. The SMILES string of the molecule is CCC(C)C1NCCOc2ccccc2/C=C/CNC(=O)CNC(=O)C(C(C)O)N(C)C1=O.CCC(C)C1NCCOc2ccccc2CCCNC(=O)CNC(=O)C(COC)N(C)C1=O.Cc1ccccc1.Cc1ccccc1. The summed E-state index contributed by atoms with van der Waals surface area (Å²) in [6.07, 6.45) is 5.58. The van der Waals surface area contributed by atoms with E-state index in [1.807, 2.05) is 119 Å². The maximum absolute atomic E-state index is 13.3. The zero-order chi connectivity index (χ0) is 58.8. The van der Waals surface area contributed by atoms with Gasteiger partial charge in [0, 0.05) is 52.9 Å². The molecule has 2 aliphatic rings. The van der Waals surface area contributed by atoms with E-state index in [9.17, 15) is 33.9 Å². The minimum absolute atomic E-state index is 0.00995. The topological polar surface area (TPSA) is 229 Å². The van der Waals surface area contributed by atoms with Crippen molar-refractivity contribution in [2.75, 3.05) is 80.3 Å². The van der Waals surface area contributed by atoms with Crippen LogP contribution in [0.1, 0.15) is 76.1 Å². The van der Waals surface area contributed by atoms with Gasteiger partial charge in [-0.25, -0.2) is 0 Å². The highest BCUT2D eigenvalue weighted by molar-refractivity contribution is 5.93. The van der Waals surface area contributed by atoms with E-state index in [1.54, 1.807) is 13.1 Å². The van der Waals surface area contributed by atoms with E-state index in [0.29, 0.717) is 38.6 Å². The third-order valence-corrected chi connectivity index (χ3v) is 13.6. The molecular weight excluding hydrogens is 1020 g/mol. The molecule has 4 aromatic rings. The van der Waals surface area contributed by atoms with Crippen LogP contribution in [-0.2, 0) is 39.9 Å². The summed E-state index contributed by atoms with van der Waals surface area (Å²) in [7, 11) is 4.56. The van der Waals surface area contributed by atoms with Gasteiger partial charge in [0.1, 0.15) is 36.8 Å². The number of benzene rings is 4. The molecule has 2 heterocycles. The van der Waals surface area contributed by atoms with Gasteiger partial charge in [0.2, 0.25) is 35.4 Å². The van der Waals surface area contributed by atoms with Crippen LogP contribution in [0, 0.1) is 25.7 Å². The number of nitrogens with one attached hydrogen (secondary N) is 6. The molecule has 6 amide bonds. The van der Waals surface area contributed by atoms with E-state index in [-0.39, 0.29) is 61.7 Å². The molecule has 18 nitrogen and oxygen atoms in total. The monoisotopic (exact) mass is 1110 g/mol. The molecule has 6 rings (SSSR count). The Hall–Kier alpha value is -7.12. The summed E-state index contributed by atoms with van der Waals surface area (Å²) in [5, 5.41) is 27.5. The lowest BCUT2D eigenvalue weighted by Gasteiger charge is -2.34. The quantitative estimate of drug-likeness (QED) is 0.126. The van der Waals surface area contributed by atoms with E-state index in [2.05, 4.69) is 70.0 Å². The number of hydrogen-bond donors (Lipinski definition) is 7. The minimum Gasteiger partial charge on any atom is -0.492 e. The van der Waals surface area contributed by atoms with Gasteiger partial charge in [-0.3, -0.25) is 28.8 Å². The fraction of sp³-hybridized carbons (Fsp3) is 0.484. The smallest absolute Gasteiger partial charge is 0.245 e. The van der Waals surface area contributed by atoms with Crippen LogP contribution in [0.15, 0.2) is 115 Å². The van der Waals surface area contributed by atoms with Crippen molar-refractivity contribution in [1.29, 1.82) is 0 Å². The fourth-order valence-corrected chi connectivity index (χ4v) is 8.47. The highest BCUT2D eigenvalue weighted by Crippen LogP contribution is 2.21. The van der Waals surface area contributed by atoms with Gasteiger partial charge in [0.15, 0.2) is 0 Å². The Balaban J connectivity index is 0.000000336. The normalized spacial score (nSPS) is 20.9. The maximum Gasteiger partial charge on any atom is 0.245 e. The number of amides is 6. The van der Waals surface area contributed by atoms with Crippen LogP contribution in [0.5, 0.6) is 11.5 Å². The largest absolute Gasteiger partial charge is 0.492 e. The van der Waals surface area contributed by atoms with E-state index in [0.717, 1.165) is 42.6 Å². The molecular formula is C62H90N8O10. The standard InChI is InChI=1S/C24H38N4O5.C24H36N4O5.2C7H8/c1-5-17(2)22-24(31)28(3)19(16-32-4)23(30)27-15-21(29)25-12-8-10-18-9-6-7-11-20(18)33-14-13-26-22;1-5-16(2)21-24(32)28(4)22(17(3)29)23(31)27-15-20(30)25-12-8-10-18-9-6-7-11-19(18)33-14-13-26-21;2*1-7-5-3-2-4-6-7/h6-7,9,11,17,19,22,26H,5,8,10,12-16H2,1-4H3,(H,25,29)(H,27,30);6-11,16-17,21-22,26,29H,5,12-15H2,1-4H3,(H,25,30)(H,27,31);2*2-6H,1H3/b;10-8+;;. The molecule has 4 aromatic carbocycles. The van der Waals surface area contributed by atoms with Crippen molar-refractivity contribution in [2.45, 2.75) is 104 Å². The fourth-order valence-electron chi connectivity index (χ4n) is 8.47.